The number of unbranched alkanes of at least 4 members (excludes halogenated alkanes) is 1. The van der Waals surface area contributed by atoms with Crippen molar-refractivity contribution in [2.45, 2.75) is 51.9 Å². The molecule has 1 aromatic rings. The maximum absolute atomic E-state index is 10.9. The molecule has 1 heteroatoms. The van der Waals surface area contributed by atoms with E-state index in [4.69, 9.17) is 0 Å². The number of benzene rings is 1. The van der Waals surface area contributed by atoms with Crippen LogP contribution in [0.25, 0.3) is 0 Å². The summed E-state index contributed by atoms with van der Waals surface area (Å²) < 4.78 is 0. The summed E-state index contributed by atoms with van der Waals surface area (Å²) in [6.45, 7) is 4.41. The zero-order valence-corrected chi connectivity index (χ0v) is 10.3. The molecule has 0 bridgehead atoms. The van der Waals surface area contributed by atoms with Crippen LogP contribution < -0.4 is 0 Å². The summed E-state index contributed by atoms with van der Waals surface area (Å²) in [5.41, 5.74) is 1.94. The van der Waals surface area contributed by atoms with E-state index in [0.29, 0.717) is 5.92 Å². The number of carbonyl (C=O) groups excluding carboxylic acids is 1. The van der Waals surface area contributed by atoms with Crippen molar-refractivity contribution in [3.05, 3.63) is 35.4 Å². The van der Waals surface area contributed by atoms with Crippen LogP contribution in [0.3, 0.4) is 0 Å². The highest BCUT2D eigenvalue weighted by Gasteiger charge is 2.13. The molecule has 0 heterocycles. The lowest BCUT2D eigenvalue weighted by Gasteiger charge is -2.17. The molecule has 1 radical (unpaired) electrons. The summed E-state index contributed by atoms with van der Waals surface area (Å²) in [4.78, 5) is 10.9. The van der Waals surface area contributed by atoms with E-state index in [0.717, 1.165) is 5.56 Å². The van der Waals surface area contributed by atoms with Crippen LogP contribution in [0.4, 0.5) is 0 Å². The van der Waals surface area contributed by atoms with Crippen molar-refractivity contribution in [3.8, 4) is 0 Å². The van der Waals surface area contributed by atoms with Crippen molar-refractivity contribution >= 4 is 6.29 Å². The molecule has 87 valence electrons. The molecule has 1 unspecified atom stereocenters. The molecule has 0 saturated carbocycles. The Bertz CT molecular complexity index is 317. The summed E-state index contributed by atoms with van der Waals surface area (Å²) in [6, 6.07) is 7.88. The largest absolute Gasteiger partial charge is 0.285 e. The third-order valence-electron chi connectivity index (χ3n) is 3.05. The quantitative estimate of drug-likeness (QED) is 0.668. The average Bonchev–Trinajstić information content (AvgIpc) is 2.34. The summed E-state index contributed by atoms with van der Waals surface area (Å²) in [5.74, 6) is 0.530. The molecular formula is C15H21O. The molecule has 0 spiro atoms. The lowest BCUT2D eigenvalue weighted by atomic mass is 9.87. The van der Waals surface area contributed by atoms with Gasteiger partial charge in [0.1, 0.15) is 0 Å². The number of rotatable bonds is 7. The van der Waals surface area contributed by atoms with Gasteiger partial charge in [0.05, 0.1) is 0 Å². The summed E-state index contributed by atoms with van der Waals surface area (Å²) in [7, 11) is 0. The minimum absolute atomic E-state index is 0.530. The van der Waals surface area contributed by atoms with Gasteiger partial charge < -0.3 is 0 Å². The van der Waals surface area contributed by atoms with Gasteiger partial charge in [-0.1, -0.05) is 57.4 Å². The first-order chi connectivity index (χ1) is 7.83. The van der Waals surface area contributed by atoms with Crippen molar-refractivity contribution < 1.29 is 4.79 Å². The normalized spacial score (nSPS) is 12.4. The van der Waals surface area contributed by atoms with Gasteiger partial charge in [0.25, 0.3) is 0 Å². The highest BCUT2D eigenvalue weighted by molar-refractivity contribution is 5.78. The molecule has 0 N–H and O–H groups in total. The fourth-order valence-corrected chi connectivity index (χ4v) is 2.20. The van der Waals surface area contributed by atoms with Crippen LogP contribution in [-0.2, 0) is 4.79 Å². The first-order valence-corrected chi connectivity index (χ1v) is 6.30. The minimum Gasteiger partial charge on any atom is -0.285 e. The maximum Gasteiger partial charge on any atom is 0.233 e. The Kier molecular flexibility index (Phi) is 5.84. The summed E-state index contributed by atoms with van der Waals surface area (Å²) in [6.07, 6.45) is 8.03. The van der Waals surface area contributed by atoms with Gasteiger partial charge >= 0.3 is 0 Å². The molecular weight excluding hydrogens is 196 g/mol. The highest BCUT2D eigenvalue weighted by Crippen LogP contribution is 2.28. The predicted octanol–water partition coefficient (Wildman–Crippen LogP) is 4.22. The Morgan fingerprint density at radius 3 is 2.50 bits per heavy atom. The van der Waals surface area contributed by atoms with Gasteiger partial charge in [-0.15, -0.1) is 0 Å². The van der Waals surface area contributed by atoms with Gasteiger partial charge in [0.2, 0.25) is 6.29 Å². The molecule has 0 amide bonds. The van der Waals surface area contributed by atoms with E-state index < -0.39 is 0 Å². The Morgan fingerprint density at radius 1 is 1.12 bits per heavy atom. The lowest BCUT2D eigenvalue weighted by Crippen LogP contribution is -2.02. The van der Waals surface area contributed by atoms with E-state index in [-0.39, 0.29) is 0 Å². The second-order valence-electron chi connectivity index (χ2n) is 4.32. The molecule has 1 atom stereocenters. The van der Waals surface area contributed by atoms with E-state index in [1.165, 1.54) is 37.7 Å². The Labute approximate surface area is 98.9 Å². The first kappa shape index (κ1) is 13.0. The number of hydrogen-bond acceptors (Lipinski definition) is 1. The Balaban J connectivity index is 2.85. The molecule has 16 heavy (non-hydrogen) atoms. The molecule has 0 fully saturated rings. The van der Waals surface area contributed by atoms with Crippen molar-refractivity contribution in [2.24, 2.45) is 0 Å². The van der Waals surface area contributed by atoms with E-state index in [9.17, 15) is 4.79 Å². The minimum atomic E-state index is 0.530. The average molecular weight is 217 g/mol. The van der Waals surface area contributed by atoms with Gasteiger partial charge in [0.15, 0.2) is 0 Å². The SMILES string of the molecule is CCCCC(CCC)c1ccccc1[C]=O. The van der Waals surface area contributed by atoms with Gasteiger partial charge in [0, 0.05) is 5.56 Å². The van der Waals surface area contributed by atoms with Crippen LogP contribution in [0.15, 0.2) is 24.3 Å². The molecule has 0 saturated heterocycles. The second kappa shape index (κ2) is 7.21. The molecule has 0 aromatic heterocycles. The smallest absolute Gasteiger partial charge is 0.233 e. The second-order valence-corrected chi connectivity index (χ2v) is 4.32. The Morgan fingerprint density at radius 2 is 1.88 bits per heavy atom. The van der Waals surface area contributed by atoms with Crippen LogP contribution >= 0.6 is 0 Å². The van der Waals surface area contributed by atoms with Gasteiger partial charge in [-0.3, -0.25) is 4.79 Å². The Hall–Kier alpha value is -1.11. The standard InChI is InChI=1S/C15H21O/c1-3-5-9-13(8-4-2)15-11-7-6-10-14(15)12-16/h6-7,10-11,13H,3-5,8-9H2,1-2H3. The van der Waals surface area contributed by atoms with Gasteiger partial charge in [-0.05, 0) is 24.3 Å². The molecule has 1 aromatic carbocycles. The van der Waals surface area contributed by atoms with E-state index >= 15 is 0 Å². The van der Waals surface area contributed by atoms with Crippen molar-refractivity contribution in [2.75, 3.05) is 0 Å². The molecule has 0 aliphatic rings. The maximum atomic E-state index is 10.9. The van der Waals surface area contributed by atoms with Crippen LogP contribution in [0.2, 0.25) is 0 Å². The third-order valence-corrected chi connectivity index (χ3v) is 3.05. The van der Waals surface area contributed by atoms with Crippen LogP contribution in [0.5, 0.6) is 0 Å². The topological polar surface area (TPSA) is 17.1 Å². The van der Waals surface area contributed by atoms with E-state index in [1.54, 1.807) is 0 Å². The lowest BCUT2D eigenvalue weighted by molar-refractivity contribution is 0.536. The molecule has 0 aliphatic heterocycles. The summed E-state index contributed by atoms with van der Waals surface area (Å²) >= 11 is 0. The fraction of sp³-hybridized carbons (Fsp3) is 0.533. The van der Waals surface area contributed by atoms with Gasteiger partial charge in [-0.25, -0.2) is 0 Å². The molecule has 0 aliphatic carbocycles. The van der Waals surface area contributed by atoms with Crippen molar-refractivity contribution in [1.82, 2.24) is 0 Å². The van der Waals surface area contributed by atoms with Crippen LogP contribution in [0.1, 0.15) is 63.0 Å². The van der Waals surface area contributed by atoms with E-state index in [2.05, 4.69) is 26.2 Å². The zero-order chi connectivity index (χ0) is 11.8. The fourth-order valence-electron chi connectivity index (χ4n) is 2.20. The molecule has 1 nitrogen and oxygen atoms in total. The van der Waals surface area contributed by atoms with E-state index in [1.807, 2.05) is 18.2 Å². The van der Waals surface area contributed by atoms with Crippen LogP contribution in [-0.4, -0.2) is 6.29 Å². The highest BCUT2D eigenvalue weighted by atomic mass is 16.1. The predicted molar refractivity (Wildman–Crippen MR) is 68.4 cm³/mol. The first-order valence-electron chi connectivity index (χ1n) is 6.30. The summed E-state index contributed by atoms with van der Waals surface area (Å²) in [5, 5.41) is 0. The zero-order valence-electron chi connectivity index (χ0n) is 10.3. The number of hydrogen-bond donors (Lipinski definition) is 0. The van der Waals surface area contributed by atoms with Gasteiger partial charge in [-0.2, -0.15) is 0 Å². The van der Waals surface area contributed by atoms with Crippen LogP contribution in [0, 0.1) is 0 Å². The molecule has 1 rings (SSSR count). The third kappa shape index (κ3) is 3.48. The van der Waals surface area contributed by atoms with Crippen molar-refractivity contribution in [3.63, 3.8) is 0 Å². The van der Waals surface area contributed by atoms with Crippen molar-refractivity contribution in [1.29, 1.82) is 0 Å². The monoisotopic (exact) mass is 217 g/mol.